The molecule has 1 atom stereocenters. The molecule has 0 aliphatic rings. The number of aliphatic hydroxyl groups excluding tert-OH is 1. The van der Waals surface area contributed by atoms with Crippen LogP contribution in [0.1, 0.15) is 34.1 Å². The third-order valence-electron chi connectivity index (χ3n) is 1.86. The largest absolute Gasteiger partial charge is 0.393 e. The maximum Gasteiger partial charge on any atom is 0.0597 e. The molecular weight excluding hydrogens is 124 g/mol. The molecule has 0 rings (SSSR count). The number of hydrogen-bond acceptors (Lipinski definition) is 1. The van der Waals surface area contributed by atoms with E-state index in [1.54, 1.807) is 0 Å². The Labute approximate surface area is 63.8 Å². The van der Waals surface area contributed by atoms with Gasteiger partial charge in [-0.1, -0.05) is 32.9 Å². The second kappa shape index (κ2) is 3.77. The molecule has 0 saturated heterocycles. The molecule has 60 valence electrons. The van der Waals surface area contributed by atoms with Crippen LogP contribution in [0.5, 0.6) is 0 Å². The Morgan fingerprint density at radius 2 is 2.00 bits per heavy atom. The summed E-state index contributed by atoms with van der Waals surface area (Å²) in [6.45, 7) is 7.97. The molecule has 0 saturated carbocycles. The van der Waals surface area contributed by atoms with Gasteiger partial charge in [0.15, 0.2) is 0 Å². The summed E-state index contributed by atoms with van der Waals surface area (Å²) in [5.41, 5.74) is -0.0734. The third-order valence-corrected chi connectivity index (χ3v) is 1.86. The van der Waals surface area contributed by atoms with Crippen LogP contribution in [-0.2, 0) is 0 Å². The second-order valence-electron chi connectivity index (χ2n) is 3.31. The molecular formula is C9H18O. The molecule has 0 aromatic carbocycles. The van der Waals surface area contributed by atoms with E-state index in [-0.39, 0.29) is 11.5 Å². The number of hydrogen-bond donors (Lipinski definition) is 1. The van der Waals surface area contributed by atoms with Crippen molar-refractivity contribution < 1.29 is 5.11 Å². The maximum absolute atomic E-state index is 9.26. The van der Waals surface area contributed by atoms with Gasteiger partial charge in [0.25, 0.3) is 0 Å². The molecule has 1 heteroatoms. The average Bonchev–Trinajstić information content (AvgIpc) is 1.84. The third kappa shape index (κ3) is 3.02. The van der Waals surface area contributed by atoms with Gasteiger partial charge in [-0.05, 0) is 13.3 Å². The Bertz CT molecular complexity index is 112. The fraction of sp³-hybridized carbons (Fsp3) is 0.778. The van der Waals surface area contributed by atoms with Gasteiger partial charge in [0, 0.05) is 5.41 Å². The van der Waals surface area contributed by atoms with Crippen LogP contribution in [-0.4, -0.2) is 11.2 Å². The minimum atomic E-state index is -0.268. The molecule has 0 aliphatic carbocycles. The maximum atomic E-state index is 9.26. The van der Waals surface area contributed by atoms with E-state index in [0.29, 0.717) is 0 Å². The summed E-state index contributed by atoms with van der Waals surface area (Å²) in [5, 5.41) is 9.26. The van der Waals surface area contributed by atoms with E-state index in [9.17, 15) is 5.11 Å². The highest BCUT2D eigenvalue weighted by atomic mass is 16.3. The molecule has 0 heterocycles. The van der Waals surface area contributed by atoms with E-state index in [0.717, 1.165) is 6.42 Å². The lowest BCUT2D eigenvalue weighted by molar-refractivity contribution is 0.0995. The van der Waals surface area contributed by atoms with Crippen LogP contribution in [0.3, 0.4) is 0 Å². The van der Waals surface area contributed by atoms with Crippen molar-refractivity contribution in [1.29, 1.82) is 0 Å². The monoisotopic (exact) mass is 142 g/mol. The summed E-state index contributed by atoms with van der Waals surface area (Å²) >= 11 is 0. The Balaban J connectivity index is 3.98. The van der Waals surface area contributed by atoms with Crippen molar-refractivity contribution in [2.75, 3.05) is 0 Å². The lowest BCUT2D eigenvalue weighted by Gasteiger charge is -2.23. The fourth-order valence-electron chi connectivity index (χ4n) is 0.561. The van der Waals surface area contributed by atoms with Crippen LogP contribution in [0.4, 0.5) is 0 Å². The van der Waals surface area contributed by atoms with Crippen molar-refractivity contribution in [2.24, 2.45) is 5.41 Å². The normalized spacial score (nSPS) is 16.1. The zero-order valence-electron chi connectivity index (χ0n) is 7.39. The van der Waals surface area contributed by atoms with Gasteiger partial charge in [0.2, 0.25) is 0 Å². The SMILES string of the molecule is CC/C=C/C(C)(C)C(C)O. The standard InChI is InChI=1S/C9H18O/c1-5-6-7-9(3,4)8(2)10/h6-8,10H,5H2,1-4H3/b7-6+. The molecule has 10 heavy (non-hydrogen) atoms. The first kappa shape index (κ1) is 9.70. The molecule has 0 spiro atoms. The van der Waals surface area contributed by atoms with E-state index in [1.165, 1.54) is 0 Å². The van der Waals surface area contributed by atoms with E-state index in [1.807, 2.05) is 20.8 Å². The average molecular weight is 142 g/mol. The quantitative estimate of drug-likeness (QED) is 0.600. The molecule has 1 N–H and O–H groups in total. The highest BCUT2D eigenvalue weighted by molar-refractivity contribution is 4.96. The first-order chi connectivity index (χ1) is 4.50. The van der Waals surface area contributed by atoms with Crippen LogP contribution >= 0.6 is 0 Å². The Hall–Kier alpha value is -0.300. The first-order valence-corrected chi connectivity index (χ1v) is 3.86. The Morgan fingerprint density at radius 3 is 2.30 bits per heavy atom. The minimum Gasteiger partial charge on any atom is -0.393 e. The van der Waals surface area contributed by atoms with Crippen LogP contribution in [0.2, 0.25) is 0 Å². The van der Waals surface area contributed by atoms with Gasteiger partial charge >= 0.3 is 0 Å². The molecule has 0 aromatic rings. The summed E-state index contributed by atoms with van der Waals surface area (Å²) in [4.78, 5) is 0. The predicted molar refractivity (Wildman–Crippen MR) is 44.9 cm³/mol. The summed E-state index contributed by atoms with van der Waals surface area (Å²) in [6.07, 6.45) is 4.93. The Morgan fingerprint density at radius 1 is 1.50 bits per heavy atom. The summed E-state index contributed by atoms with van der Waals surface area (Å²) in [7, 11) is 0. The highest BCUT2D eigenvalue weighted by Gasteiger charge is 2.19. The van der Waals surface area contributed by atoms with Crippen LogP contribution in [0, 0.1) is 5.41 Å². The van der Waals surface area contributed by atoms with Gasteiger partial charge in [0.1, 0.15) is 0 Å². The van der Waals surface area contributed by atoms with Gasteiger partial charge in [-0.25, -0.2) is 0 Å². The molecule has 0 amide bonds. The van der Waals surface area contributed by atoms with Crippen molar-refractivity contribution in [3.63, 3.8) is 0 Å². The van der Waals surface area contributed by atoms with Crippen molar-refractivity contribution in [1.82, 2.24) is 0 Å². The van der Waals surface area contributed by atoms with Crippen molar-refractivity contribution in [3.05, 3.63) is 12.2 Å². The van der Waals surface area contributed by atoms with E-state index < -0.39 is 0 Å². The van der Waals surface area contributed by atoms with Crippen LogP contribution < -0.4 is 0 Å². The smallest absolute Gasteiger partial charge is 0.0597 e. The van der Waals surface area contributed by atoms with Crippen LogP contribution in [0.25, 0.3) is 0 Å². The lowest BCUT2D eigenvalue weighted by Crippen LogP contribution is -2.23. The van der Waals surface area contributed by atoms with Crippen LogP contribution in [0.15, 0.2) is 12.2 Å². The van der Waals surface area contributed by atoms with Crippen molar-refractivity contribution in [2.45, 2.75) is 40.2 Å². The molecule has 0 aromatic heterocycles. The number of allylic oxidation sites excluding steroid dienone is 1. The Kier molecular flexibility index (Phi) is 3.66. The number of rotatable bonds is 3. The van der Waals surface area contributed by atoms with Crippen molar-refractivity contribution >= 4 is 0 Å². The topological polar surface area (TPSA) is 20.2 Å². The van der Waals surface area contributed by atoms with E-state index in [4.69, 9.17) is 0 Å². The summed E-state index contributed by atoms with van der Waals surface area (Å²) in [5.74, 6) is 0. The zero-order valence-corrected chi connectivity index (χ0v) is 7.39. The lowest BCUT2D eigenvalue weighted by atomic mass is 9.87. The molecule has 1 unspecified atom stereocenters. The zero-order chi connectivity index (χ0) is 8.20. The minimum absolute atomic E-state index is 0.0734. The van der Waals surface area contributed by atoms with E-state index in [2.05, 4.69) is 19.1 Å². The van der Waals surface area contributed by atoms with Gasteiger partial charge in [-0.2, -0.15) is 0 Å². The molecule has 0 aliphatic heterocycles. The molecule has 0 bridgehead atoms. The van der Waals surface area contributed by atoms with Gasteiger partial charge in [0.05, 0.1) is 6.10 Å². The fourth-order valence-corrected chi connectivity index (χ4v) is 0.561. The molecule has 0 fully saturated rings. The molecule has 1 nitrogen and oxygen atoms in total. The van der Waals surface area contributed by atoms with E-state index >= 15 is 0 Å². The van der Waals surface area contributed by atoms with Gasteiger partial charge in [-0.15, -0.1) is 0 Å². The molecule has 0 radical (unpaired) electrons. The predicted octanol–water partition coefficient (Wildman–Crippen LogP) is 2.36. The van der Waals surface area contributed by atoms with Gasteiger partial charge in [-0.3, -0.25) is 0 Å². The number of aliphatic hydroxyl groups is 1. The summed E-state index contributed by atoms with van der Waals surface area (Å²) < 4.78 is 0. The van der Waals surface area contributed by atoms with Crippen molar-refractivity contribution in [3.8, 4) is 0 Å². The van der Waals surface area contributed by atoms with Gasteiger partial charge < -0.3 is 5.11 Å². The first-order valence-electron chi connectivity index (χ1n) is 3.86. The summed E-state index contributed by atoms with van der Waals surface area (Å²) in [6, 6.07) is 0. The highest BCUT2D eigenvalue weighted by Crippen LogP contribution is 2.21. The second-order valence-corrected chi connectivity index (χ2v) is 3.31.